The average Bonchev–Trinajstić information content (AvgIpc) is 2.75. The predicted octanol–water partition coefficient (Wildman–Crippen LogP) is 1.18. The first-order chi connectivity index (χ1) is 13.8. The Morgan fingerprint density at radius 1 is 0.643 bits per heavy atom. The molecule has 1 aliphatic rings. The summed E-state index contributed by atoms with van der Waals surface area (Å²) in [7, 11) is 0. The molecule has 6 heteroatoms. The van der Waals surface area contributed by atoms with Gasteiger partial charge in [0.2, 0.25) is 0 Å². The second-order valence-corrected chi connectivity index (χ2v) is 7.03. The lowest BCUT2D eigenvalue weighted by Crippen LogP contribution is -2.47. The van der Waals surface area contributed by atoms with Crippen LogP contribution in [0, 0.1) is 0 Å². The van der Waals surface area contributed by atoms with Crippen LogP contribution in [0.15, 0.2) is 48.5 Å². The van der Waals surface area contributed by atoms with Crippen molar-refractivity contribution < 1.29 is 10.2 Å². The number of nitrogens with zero attached hydrogens (tertiary/aromatic N) is 2. The summed E-state index contributed by atoms with van der Waals surface area (Å²) in [5.41, 5.74) is 5.12. The Bertz CT molecular complexity index is 656. The molecule has 0 amide bonds. The number of aliphatic hydroxyl groups excluding tert-OH is 2. The first kappa shape index (κ1) is 20.6. The molecule has 0 aliphatic carbocycles. The minimum absolute atomic E-state index is 0.160. The topological polar surface area (TPSA) is 71.0 Å². The molecule has 0 unspecified atom stereocenters. The quantitative estimate of drug-likeness (QED) is 0.461. The molecule has 0 saturated carbocycles. The van der Waals surface area contributed by atoms with Crippen molar-refractivity contribution in [2.24, 2.45) is 0 Å². The van der Waals surface area contributed by atoms with Gasteiger partial charge in [0.25, 0.3) is 0 Å². The van der Waals surface area contributed by atoms with Gasteiger partial charge in [-0.2, -0.15) is 0 Å². The summed E-state index contributed by atoms with van der Waals surface area (Å²) in [6, 6.07) is 17.1. The van der Waals surface area contributed by atoms with Gasteiger partial charge in [-0.1, -0.05) is 36.4 Å². The second kappa shape index (κ2) is 11.0. The Kier molecular flexibility index (Phi) is 8.11. The van der Waals surface area contributed by atoms with Crippen molar-refractivity contribution in [1.29, 1.82) is 0 Å². The molecular formula is C22H32N4O2. The molecule has 0 spiro atoms. The van der Waals surface area contributed by atoms with Crippen LogP contribution in [0.4, 0.5) is 11.4 Å². The first-order valence-corrected chi connectivity index (χ1v) is 10.1. The van der Waals surface area contributed by atoms with Crippen molar-refractivity contribution in [3.05, 3.63) is 59.7 Å². The molecule has 1 aliphatic heterocycles. The Balaban J connectivity index is 1.63. The van der Waals surface area contributed by atoms with E-state index in [1.807, 2.05) is 0 Å². The van der Waals surface area contributed by atoms with Crippen molar-refractivity contribution in [2.45, 2.75) is 13.1 Å². The number of piperazine rings is 1. The van der Waals surface area contributed by atoms with Crippen molar-refractivity contribution in [2.75, 3.05) is 62.3 Å². The highest BCUT2D eigenvalue weighted by molar-refractivity contribution is 5.58. The van der Waals surface area contributed by atoms with Crippen molar-refractivity contribution in [3.8, 4) is 0 Å². The van der Waals surface area contributed by atoms with Gasteiger partial charge in [-0.25, -0.2) is 0 Å². The maximum Gasteiger partial charge on any atom is 0.0556 e. The second-order valence-electron chi connectivity index (χ2n) is 7.03. The van der Waals surface area contributed by atoms with E-state index in [2.05, 4.69) is 69.0 Å². The predicted molar refractivity (Wildman–Crippen MR) is 115 cm³/mol. The molecule has 3 rings (SSSR count). The summed E-state index contributed by atoms with van der Waals surface area (Å²) >= 11 is 0. The summed E-state index contributed by atoms with van der Waals surface area (Å²) in [5.74, 6) is 0. The number of nitrogens with one attached hydrogen (secondary N) is 2. The van der Waals surface area contributed by atoms with Crippen LogP contribution in [0.5, 0.6) is 0 Å². The van der Waals surface area contributed by atoms with Crippen LogP contribution in [0.3, 0.4) is 0 Å². The summed E-state index contributed by atoms with van der Waals surface area (Å²) < 4.78 is 0. The van der Waals surface area contributed by atoms with Gasteiger partial charge in [0.15, 0.2) is 0 Å². The number of anilines is 2. The molecule has 4 N–H and O–H groups in total. The van der Waals surface area contributed by atoms with Gasteiger partial charge < -0.3 is 30.6 Å². The fourth-order valence-corrected chi connectivity index (χ4v) is 3.73. The number of para-hydroxylation sites is 2. The fourth-order valence-electron chi connectivity index (χ4n) is 3.73. The number of rotatable bonds is 10. The first-order valence-electron chi connectivity index (χ1n) is 10.1. The van der Waals surface area contributed by atoms with Gasteiger partial charge in [-0.05, 0) is 23.3 Å². The van der Waals surface area contributed by atoms with Crippen LogP contribution in [-0.4, -0.2) is 62.7 Å². The summed E-state index contributed by atoms with van der Waals surface area (Å²) in [6.07, 6.45) is 0. The molecule has 0 radical (unpaired) electrons. The van der Waals surface area contributed by atoms with Crippen LogP contribution in [-0.2, 0) is 13.1 Å². The fraction of sp³-hybridized carbons (Fsp3) is 0.455. The monoisotopic (exact) mass is 384 g/mol. The molecule has 6 nitrogen and oxygen atoms in total. The van der Waals surface area contributed by atoms with Gasteiger partial charge in [0.05, 0.1) is 13.2 Å². The van der Waals surface area contributed by atoms with Crippen LogP contribution < -0.4 is 20.4 Å². The molecule has 2 aromatic rings. The van der Waals surface area contributed by atoms with E-state index in [1.54, 1.807) is 0 Å². The minimum Gasteiger partial charge on any atom is -0.395 e. The van der Waals surface area contributed by atoms with Crippen molar-refractivity contribution >= 4 is 11.4 Å². The van der Waals surface area contributed by atoms with E-state index in [9.17, 15) is 0 Å². The van der Waals surface area contributed by atoms with E-state index >= 15 is 0 Å². The third-order valence-corrected chi connectivity index (χ3v) is 5.15. The molecule has 0 bridgehead atoms. The third-order valence-electron chi connectivity index (χ3n) is 5.15. The molecule has 152 valence electrons. The van der Waals surface area contributed by atoms with Crippen LogP contribution in [0.2, 0.25) is 0 Å². The van der Waals surface area contributed by atoms with Crippen LogP contribution in [0.1, 0.15) is 11.1 Å². The molecule has 2 aromatic carbocycles. The van der Waals surface area contributed by atoms with Gasteiger partial charge in [0, 0.05) is 63.7 Å². The number of hydrogen-bond acceptors (Lipinski definition) is 6. The van der Waals surface area contributed by atoms with Crippen molar-refractivity contribution in [3.63, 3.8) is 0 Å². The van der Waals surface area contributed by atoms with E-state index in [4.69, 9.17) is 10.2 Å². The molecule has 1 heterocycles. The lowest BCUT2D eigenvalue weighted by Gasteiger charge is -2.39. The number of benzene rings is 2. The number of hydrogen-bond donors (Lipinski definition) is 4. The SMILES string of the molecule is OCCNCc1ccccc1N1CCN(c2ccccc2CNCCO)CC1. The van der Waals surface area contributed by atoms with Crippen LogP contribution >= 0.6 is 0 Å². The Hall–Kier alpha value is -2.12. The summed E-state index contributed by atoms with van der Waals surface area (Å²) in [6.45, 7) is 7.02. The van der Waals surface area contributed by atoms with Gasteiger partial charge in [-0.3, -0.25) is 0 Å². The molecular weight excluding hydrogens is 352 g/mol. The van der Waals surface area contributed by atoms with Gasteiger partial charge >= 0.3 is 0 Å². The molecule has 1 fully saturated rings. The molecule has 1 saturated heterocycles. The van der Waals surface area contributed by atoms with E-state index in [0.29, 0.717) is 13.1 Å². The van der Waals surface area contributed by atoms with E-state index in [0.717, 1.165) is 39.3 Å². The van der Waals surface area contributed by atoms with E-state index in [-0.39, 0.29) is 13.2 Å². The Morgan fingerprint density at radius 3 is 1.43 bits per heavy atom. The highest BCUT2D eigenvalue weighted by Crippen LogP contribution is 2.26. The largest absolute Gasteiger partial charge is 0.395 e. The molecule has 28 heavy (non-hydrogen) atoms. The molecule has 0 aromatic heterocycles. The Labute approximate surface area is 167 Å². The molecule has 0 atom stereocenters. The Morgan fingerprint density at radius 2 is 1.04 bits per heavy atom. The van der Waals surface area contributed by atoms with E-state index in [1.165, 1.54) is 22.5 Å². The van der Waals surface area contributed by atoms with Gasteiger partial charge in [0.1, 0.15) is 0 Å². The van der Waals surface area contributed by atoms with Gasteiger partial charge in [-0.15, -0.1) is 0 Å². The zero-order chi connectivity index (χ0) is 19.6. The standard InChI is InChI=1S/C22H32N4O2/c27-15-9-23-17-19-5-1-3-7-21(19)25-11-13-26(14-12-25)22-8-4-2-6-20(22)18-24-10-16-28/h1-8,23-24,27-28H,9-18H2. The highest BCUT2D eigenvalue weighted by atomic mass is 16.3. The minimum atomic E-state index is 0.160. The average molecular weight is 385 g/mol. The summed E-state index contributed by atoms with van der Waals surface area (Å²) in [5, 5.41) is 24.6. The zero-order valence-electron chi connectivity index (χ0n) is 16.5. The third kappa shape index (κ3) is 5.45. The lowest BCUT2D eigenvalue weighted by atomic mass is 10.1. The summed E-state index contributed by atoms with van der Waals surface area (Å²) in [4.78, 5) is 4.91. The highest BCUT2D eigenvalue weighted by Gasteiger charge is 2.20. The smallest absolute Gasteiger partial charge is 0.0556 e. The zero-order valence-corrected chi connectivity index (χ0v) is 16.5. The van der Waals surface area contributed by atoms with Crippen molar-refractivity contribution in [1.82, 2.24) is 10.6 Å². The number of aliphatic hydroxyl groups is 2. The van der Waals surface area contributed by atoms with E-state index < -0.39 is 0 Å². The normalized spacial score (nSPS) is 14.5. The maximum atomic E-state index is 8.99. The maximum absolute atomic E-state index is 8.99. The van der Waals surface area contributed by atoms with Crippen LogP contribution in [0.25, 0.3) is 0 Å². The lowest BCUT2D eigenvalue weighted by molar-refractivity contribution is 0.291.